The Kier molecular flexibility index (Phi) is 0.508. The molecule has 1 aliphatic rings. The highest BCUT2D eigenvalue weighted by Crippen LogP contribution is 2.24. The fraction of sp³-hybridized carbons (Fsp3) is 0.857. The number of rotatable bonds is 1. The van der Waals surface area contributed by atoms with Crippen molar-refractivity contribution in [3.8, 4) is 0 Å². The Bertz CT molecular complexity index is 426. The second-order valence-corrected chi connectivity index (χ2v) is 1.62. The number of hydrogen-bond acceptors (Lipinski definition) is 1. The van der Waals surface area contributed by atoms with E-state index in [1.165, 1.54) is 0 Å². The minimum Gasteiger partial charge on any atom is -0.281 e. The molecular weight excluding hydrogens is 136 g/mol. The average molecular weight is 158 g/mol. The fourth-order valence-corrected chi connectivity index (χ4v) is 0.443. The van der Waals surface area contributed by atoms with E-state index in [-0.39, 0.29) is 0 Å². The molecule has 52 valence electrons. The maximum Gasteiger partial charge on any atom is 0.224 e. The van der Waals surface area contributed by atoms with Gasteiger partial charge in [0.05, 0.1) is 0 Å². The zero-order valence-electron chi connectivity index (χ0n) is 15.3. The Labute approximate surface area is 75.8 Å². The predicted molar refractivity (Wildman–Crippen MR) is 37.4 cm³/mol. The Morgan fingerprint density at radius 2 is 2.11 bits per heavy atom. The zero-order chi connectivity index (χ0) is 16.6. The van der Waals surface area contributed by atoms with Crippen molar-refractivity contribution in [2.24, 2.45) is 5.89 Å². The molecule has 0 radical (unpaired) electrons. The van der Waals surface area contributed by atoms with Gasteiger partial charge in [0, 0.05) is 21.0 Å². The second kappa shape index (κ2) is 3.21. The van der Waals surface area contributed by atoms with Gasteiger partial charge in [-0.25, -0.2) is 0 Å². The molecule has 9 heavy (non-hydrogen) atoms. The number of carbonyl (C=O) groups excluding carboxylic acids is 1. The maximum absolute atomic E-state index is 11.4. The number of carbonyl (C=O) groups is 1. The molecule has 0 aromatic carbocycles. The van der Waals surface area contributed by atoms with Gasteiger partial charge in [-0.3, -0.25) is 4.79 Å². The van der Waals surface area contributed by atoms with E-state index >= 15 is 0 Å². The van der Waals surface area contributed by atoms with E-state index in [9.17, 15) is 4.79 Å². The molecule has 2 heteroatoms. The van der Waals surface area contributed by atoms with Crippen LogP contribution in [0.2, 0.25) is 0 Å². The van der Waals surface area contributed by atoms with Crippen LogP contribution >= 0.6 is 11.6 Å². The van der Waals surface area contributed by atoms with Gasteiger partial charge >= 0.3 is 0 Å². The van der Waals surface area contributed by atoms with Crippen LogP contribution in [0.4, 0.5) is 0 Å². The molecule has 0 saturated heterocycles. The van der Waals surface area contributed by atoms with Crippen LogP contribution in [0.25, 0.3) is 0 Å². The monoisotopic (exact) mass is 157 g/mol. The molecule has 0 spiro atoms. The van der Waals surface area contributed by atoms with Crippen LogP contribution in [-0.4, -0.2) is 5.24 Å². The molecule has 0 aromatic rings. The Morgan fingerprint density at radius 3 is 2.56 bits per heavy atom. The predicted octanol–water partition coefficient (Wildman–Crippen LogP) is 2.33. The molecule has 0 aliphatic heterocycles. The number of halogens is 1. The summed E-state index contributed by atoms with van der Waals surface area (Å²) in [5.41, 5.74) is 0. The first kappa shape index (κ1) is 1.42. The van der Waals surface area contributed by atoms with Gasteiger partial charge < -0.3 is 0 Å². The quantitative estimate of drug-likeness (QED) is 0.534. The molecule has 1 fully saturated rings. The van der Waals surface area contributed by atoms with Gasteiger partial charge in [0.1, 0.15) is 0 Å². The van der Waals surface area contributed by atoms with E-state index < -0.39 is 43.0 Å². The van der Waals surface area contributed by atoms with Crippen molar-refractivity contribution in [1.29, 1.82) is 0 Å². The van der Waals surface area contributed by atoms with E-state index in [2.05, 4.69) is 0 Å². The van der Waals surface area contributed by atoms with Gasteiger partial charge in [-0.1, -0.05) is 19.1 Å². The lowest BCUT2D eigenvalue weighted by Gasteiger charge is -2.16. The third-order valence-electron chi connectivity index (χ3n) is 0.697. The average Bonchev–Trinajstić information content (AvgIpc) is 2.24. The standard InChI is InChI=1S/C7H11ClO/c8-7(9)6-4-2-1-3-5-6/h6H,1-5H2/i1D2,2D2,3D2,4D2,5D2,6D. The molecule has 0 unspecified atom stereocenters. The molecule has 0 atom stereocenters. The Hall–Kier alpha value is -0.0400. The van der Waals surface area contributed by atoms with Crippen molar-refractivity contribution in [2.45, 2.75) is 31.9 Å². The highest BCUT2D eigenvalue weighted by Gasteiger charge is 2.18. The first-order chi connectivity index (χ1) is 8.44. The smallest absolute Gasteiger partial charge is 0.224 e. The van der Waals surface area contributed by atoms with E-state index in [0.29, 0.717) is 0 Å². The largest absolute Gasteiger partial charge is 0.281 e. The minimum atomic E-state index is -3.70. The molecule has 0 amide bonds. The molecule has 0 N–H and O–H groups in total. The first-order valence-electron chi connectivity index (χ1n) is 7.64. The van der Waals surface area contributed by atoms with E-state index in [1.807, 2.05) is 0 Å². The third kappa shape index (κ3) is 1.98. The summed E-state index contributed by atoms with van der Waals surface area (Å²) in [5, 5.41) is -1.93. The van der Waals surface area contributed by atoms with Crippen molar-refractivity contribution in [3.05, 3.63) is 0 Å². The summed E-state index contributed by atoms with van der Waals surface area (Å²) in [5.74, 6) is -3.65. The van der Waals surface area contributed by atoms with Gasteiger partial charge in [-0.2, -0.15) is 0 Å². The molecule has 0 aromatic heterocycles. The molecule has 1 saturated carbocycles. The van der Waals surface area contributed by atoms with Gasteiger partial charge in [-0.05, 0) is 24.3 Å². The van der Waals surface area contributed by atoms with E-state index in [1.54, 1.807) is 0 Å². The fourth-order valence-electron chi connectivity index (χ4n) is 0.348. The van der Waals surface area contributed by atoms with Crippen LogP contribution in [0.15, 0.2) is 0 Å². The normalized spacial score (nSPS) is 71.4. The first-order valence-corrected chi connectivity index (χ1v) is 2.52. The topological polar surface area (TPSA) is 17.1 Å². The van der Waals surface area contributed by atoms with Crippen LogP contribution in [-0.2, 0) is 4.79 Å². The van der Waals surface area contributed by atoms with Crippen molar-refractivity contribution in [3.63, 3.8) is 0 Å². The highest BCUT2D eigenvalue weighted by atomic mass is 35.5. The molecular formula is C7H11ClO. The van der Waals surface area contributed by atoms with Gasteiger partial charge in [0.15, 0.2) is 0 Å². The summed E-state index contributed by atoms with van der Waals surface area (Å²) >= 11 is 5.05. The van der Waals surface area contributed by atoms with Crippen molar-refractivity contribution in [2.75, 3.05) is 0 Å². The maximum atomic E-state index is 11.4. The Balaban J connectivity index is 3.88. The van der Waals surface area contributed by atoms with E-state index in [0.717, 1.165) is 0 Å². The minimum absolute atomic E-state index is 1.93. The third-order valence-corrected chi connectivity index (χ3v) is 0.886. The van der Waals surface area contributed by atoms with Gasteiger partial charge in [0.25, 0.3) is 0 Å². The van der Waals surface area contributed by atoms with Crippen LogP contribution < -0.4 is 0 Å². The SMILES string of the molecule is [2H]C1([2H])C([2H])([2H])C([2H])([2H])C([2H])(C(=O)Cl)C([2H])([2H])C1([2H])[2H]. The molecule has 0 heterocycles. The van der Waals surface area contributed by atoms with Gasteiger partial charge in [-0.15, -0.1) is 0 Å². The summed E-state index contributed by atoms with van der Waals surface area (Å²) in [6.07, 6.45) is -18.4. The number of hydrogen-bond donors (Lipinski definition) is 0. The Morgan fingerprint density at radius 1 is 1.56 bits per heavy atom. The summed E-state index contributed by atoms with van der Waals surface area (Å²) in [7, 11) is 0. The molecule has 1 aliphatic carbocycles. The lowest BCUT2D eigenvalue weighted by atomic mass is 9.90. The highest BCUT2D eigenvalue weighted by molar-refractivity contribution is 6.63. The van der Waals surface area contributed by atoms with Crippen LogP contribution in [0.1, 0.15) is 46.9 Å². The van der Waals surface area contributed by atoms with E-state index in [4.69, 9.17) is 26.7 Å². The lowest BCUT2D eigenvalue weighted by molar-refractivity contribution is -0.115. The summed E-state index contributed by atoms with van der Waals surface area (Å²) < 4.78 is 82.8. The molecule has 0 bridgehead atoms. The second-order valence-electron chi connectivity index (χ2n) is 1.27. The van der Waals surface area contributed by atoms with Gasteiger partial charge in [0.2, 0.25) is 5.24 Å². The van der Waals surface area contributed by atoms with Crippen molar-refractivity contribution in [1.82, 2.24) is 0 Å². The summed E-state index contributed by atoms with van der Waals surface area (Å²) in [4.78, 5) is 11.4. The van der Waals surface area contributed by atoms with Crippen molar-refractivity contribution >= 4 is 16.8 Å². The zero-order valence-corrected chi connectivity index (χ0v) is 5.04. The summed E-state index contributed by atoms with van der Waals surface area (Å²) in [6, 6.07) is 0. The summed E-state index contributed by atoms with van der Waals surface area (Å²) in [6.45, 7) is 0. The van der Waals surface area contributed by atoms with Crippen LogP contribution in [0.5, 0.6) is 0 Å². The molecule has 1 nitrogen and oxygen atoms in total. The molecule has 1 rings (SSSR count). The van der Waals surface area contributed by atoms with Crippen LogP contribution in [0.3, 0.4) is 0 Å². The van der Waals surface area contributed by atoms with Crippen LogP contribution in [0, 0.1) is 5.89 Å². The van der Waals surface area contributed by atoms with Crippen molar-refractivity contribution < 1.29 is 19.9 Å². The lowest BCUT2D eigenvalue weighted by Crippen LogP contribution is -2.12.